The van der Waals surface area contributed by atoms with Crippen LogP contribution in [0, 0.1) is 0 Å². The van der Waals surface area contributed by atoms with Crippen molar-refractivity contribution in [3.63, 3.8) is 0 Å². The van der Waals surface area contributed by atoms with Crippen molar-refractivity contribution in [2.45, 2.75) is 6.04 Å². The molecular weight excluding hydrogens is 328 g/mol. The molecule has 0 bridgehead atoms. The maximum absolute atomic E-state index is 12.2. The van der Waals surface area contributed by atoms with Gasteiger partial charge in [0.2, 0.25) is 11.8 Å². The number of nitrogens with two attached hydrogens (primary N) is 1. The number of carbonyl (C=O) groups excluding carboxylic acids is 2. The molecule has 2 aromatic rings. The van der Waals surface area contributed by atoms with Gasteiger partial charge in [-0.05, 0) is 17.7 Å². The summed E-state index contributed by atoms with van der Waals surface area (Å²) in [6.07, 6.45) is 0. The average Bonchev–Trinajstić information content (AvgIpc) is 2.65. The normalized spacial score (nSPS) is 16.8. The Morgan fingerprint density at radius 3 is 2.08 bits per heavy atom. The van der Waals surface area contributed by atoms with Crippen LogP contribution >= 0.6 is 0 Å². The molecule has 26 heavy (non-hydrogen) atoms. The number of nitrogens with one attached hydrogen (secondary N) is 1. The van der Waals surface area contributed by atoms with Crippen LogP contribution in [0.1, 0.15) is 11.6 Å². The number of piperazine rings is 1. The quantitative estimate of drug-likeness (QED) is 0.825. The van der Waals surface area contributed by atoms with Gasteiger partial charge in [0.25, 0.3) is 0 Å². The number of rotatable bonds is 6. The Hall–Kier alpha value is -2.70. The second-order valence-corrected chi connectivity index (χ2v) is 6.44. The minimum absolute atomic E-state index is 0.0286. The zero-order valence-corrected chi connectivity index (χ0v) is 14.7. The van der Waals surface area contributed by atoms with E-state index in [1.807, 2.05) is 60.7 Å². The van der Waals surface area contributed by atoms with Crippen LogP contribution in [0.4, 0.5) is 5.69 Å². The molecule has 3 rings (SSSR count). The molecule has 0 aliphatic carbocycles. The maximum Gasteiger partial charge on any atom is 0.239 e. The smallest absolute Gasteiger partial charge is 0.239 e. The molecule has 0 saturated carbocycles. The second kappa shape index (κ2) is 8.60. The van der Waals surface area contributed by atoms with Crippen molar-refractivity contribution >= 4 is 17.5 Å². The molecule has 1 atom stereocenters. The van der Waals surface area contributed by atoms with E-state index in [2.05, 4.69) is 15.1 Å². The third-order valence-corrected chi connectivity index (χ3v) is 4.58. The number of para-hydroxylation sites is 1. The Labute approximate surface area is 153 Å². The molecule has 1 saturated heterocycles. The second-order valence-electron chi connectivity index (χ2n) is 6.44. The van der Waals surface area contributed by atoms with E-state index in [4.69, 9.17) is 5.73 Å². The summed E-state index contributed by atoms with van der Waals surface area (Å²) in [6, 6.07) is 18.6. The van der Waals surface area contributed by atoms with Crippen LogP contribution in [0.25, 0.3) is 0 Å². The first-order valence-corrected chi connectivity index (χ1v) is 8.79. The highest BCUT2D eigenvalue weighted by molar-refractivity contribution is 5.92. The first-order chi connectivity index (χ1) is 12.6. The summed E-state index contributed by atoms with van der Waals surface area (Å²) >= 11 is 0. The van der Waals surface area contributed by atoms with E-state index < -0.39 is 6.04 Å². The van der Waals surface area contributed by atoms with Crippen molar-refractivity contribution in [2.24, 2.45) is 5.73 Å². The van der Waals surface area contributed by atoms with Crippen LogP contribution in [0.5, 0.6) is 0 Å². The zero-order chi connectivity index (χ0) is 18.4. The van der Waals surface area contributed by atoms with Gasteiger partial charge in [-0.15, -0.1) is 0 Å². The Balaban J connectivity index is 1.53. The molecule has 0 radical (unpaired) electrons. The third-order valence-electron chi connectivity index (χ3n) is 4.58. The molecule has 1 aliphatic rings. The van der Waals surface area contributed by atoms with Gasteiger partial charge < -0.3 is 11.1 Å². The van der Waals surface area contributed by atoms with Gasteiger partial charge in [0.05, 0.1) is 6.54 Å². The summed E-state index contributed by atoms with van der Waals surface area (Å²) in [5, 5.41) is 2.90. The van der Waals surface area contributed by atoms with E-state index >= 15 is 0 Å². The molecule has 3 N–H and O–H groups in total. The van der Waals surface area contributed by atoms with E-state index in [1.54, 1.807) is 0 Å². The number of amides is 2. The highest BCUT2D eigenvalue weighted by atomic mass is 16.2. The standard InChI is InChI=1S/C20H24N4O2/c21-20(26)19(16-7-3-1-4-8-16)24-13-11-23(12-14-24)15-18(25)22-17-9-5-2-6-10-17/h1-10,19H,11-15H2,(H2,21,26)(H,22,25). The molecule has 2 amide bonds. The number of carbonyl (C=O) groups is 2. The summed E-state index contributed by atoms with van der Waals surface area (Å²) in [4.78, 5) is 28.3. The molecule has 0 spiro atoms. The van der Waals surface area contributed by atoms with Gasteiger partial charge in [-0.1, -0.05) is 48.5 Å². The highest BCUT2D eigenvalue weighted by Crippen LogP contribution is 2.21. The molecule has 1 aliphatic heterocycles. The lowest BCUT2D eigenvalue weighted by Gasteiger charge is -2.38. The van der Waals surface area contributed by atoms with Crippen LogP contribution < -0.4 is 11.1 Å². The highest BCUT2D eigenvalue weighted by Gasteiger charge is 2.29. The Kier molecular flexibility index (Phi) is 5.99. The SMILES string of the molecule is NC(=O)C(c1ccccc1)N1CCN(CC(=O)Nc2ccccc2)CC1. The molecule has 136 valence electrons. The number of hydrogen-bond donors (Lipinski definition) is 2. The van der Waals surface area contributed by atoms with Crippen LogP contribution in [0.15, 0.2) is 60.7 Å². The van der Waals surface area contributed by atoms with Crippen molar-refractivity contribution in [3.05, 3.63) is 66.2 Å². The van der Waals surface area contributed by atoms with Gasteiger partial charge in [-0.25, -0.2) is 0 Å². The van der Waals surface area contributed by atoms with Gasteiger partial charge in [0.15, 0.2) is 0 Å². The van der Waals surface area contributed by atoms with Gasteiger partial charge in [-0.3, -0.25) is 19.4 Å². The molecule has 0 aromatic heterocycles. The van der Waals surface area contributed by atoms with Gasteiger partial charge in [-0.2, -0.15) is 0 Å². The monoisotopic (exact) mass is 352 g/mol. The van der Waals surface area contributed by atoms with E-state index in [0.717, 1.165) is 24.3 Å². The number of benzene rings is 2. The lowest BCUT2D eigenvalue weighted by atomic mass is 10.0. The van der Waals surface area contributed by atoms with Crippen LogP contribution in [0.3, 0.4) is 0 Å². The molecule has 6 heteroatoms. The summed E-state index contributed by atoms with van der Waals surface area (Å²) in [7, 11) is 0. The predicted octanol–water partition coefficient (Wildman–Crippen LogP) is 1.47. The minimum Gasteiger partial charge on any atom is -0.368 e. The molecule has 1 fully saturated rings. The van der Waals surface area contributed by atoms with E-state index in [0.29, 0.717) is 19.6 Å². The van der Waals surface area contributed by atoms with Gasteiger partial charge in [0.1, 0.15) is 6.04 Å². The zero-order valence-electron chi connectivity index (χ0n) is 14.7. The fourth-order valence-electron chi connectivity index (χ4n) is 3.30. The number of primary amides is 1. The van der Waals surface area contributed by atoms with Crippen molar-refractivity contribution in [1.29, 1.82) is 0 Å². The molecule has 6 nitrogen and oxygen atoms in total. The first kappa shape index (κ1) is 18.1. The van der Waals surface area contributed by atoms with E-state index in [-0.39, 0.29) is 11.8 Å². The molecular formula is C20H24N4O2. The minimum atomic E-state index is -0.420. The Morgan fingerprint density at radius 1 is 0.923 bits per heavy atom. The molecule has 1 heterocycles. The van der Waals surface area contributed by atoms with Crippen LogP contribution in [0.2, 0.25) is 0 Å². The van der Waals surface area contributed by atoms with Crippen molar-refractivity contribution < 1.29 is 9.59 Å². The Bertz CT molecular complexity index is 728. The summed E-state index contributed by atoms with van der Waals surface area (Å²) in [6.45, 7) is 3.18. The lowest BCUT2D eigenvalue weighted by molar-refractivity contribution is -0.125. The summed E-state index contributed by atoms with van der Waals surface area (Å²) in [5.74, 6) is -0.370. The van der Waals surface area contributed by atoms with Crippen molar-refractivity contribution in [3.8, 4) is 0 Å². The first-order valence-electron chi connectivity index (χ1n) is 8.79. The number of anilines is 1. The lowest BCUT2D eigenvalue weighted by Crippen LogP contribution is -2.51. The number of hydrogen-bond acceptors (Lipinski definition) is 4. The van der Waals surface area contributed by atoms with Crippen molar-refractivity contribution in [1.82, 2.24) is 9.80 Å². The van der Waals surface area contributed by atoms with E-state index in [9.17, 15) is 9.59 Å². The molecule has 2 aromatic carbocycles. The predicted molar refractivity (Wildman–Crippen MR) is 101 cm³/mol. The van der Waals surface area contributed by atoms with Crippen molar-refractivity contribution in [2.75, 3.05) is 38.0 Å². The topological polar surface area (TPSA) is 78.7 Å². The fourth-order valence-corrected chi connectivity index (χ4v) is 3.30. The van der Waals surface area contributed by atoms with Crippen LogP contribution in [-0.4, -0.2) is 54.3 Å². The molecule has 1 unspecified atom stereocenters. The summed E-state index contributed by atoms with van der Waals surface area (Å²) in [5.41, 5.74) is 7.35. The fraction of sp³-hybridized carbons (Fsp3) is 0.300. The average molecular weight is 352 g/mol. The van der Waals surface area contributed by atoms with Crippen LogP contribution in [-0.2, 0) is 9.59 Å². The van der Waals surface area contributed by atoms with Gasteiger partial charge in [0, 0.05) is 31.9 Å². The third kappa shape index (κ3) is 4.68. The summed E-state index contributed by atoms with van der Waals surface area (Å²) < 4.78 is 0. The largest absolute Gasteiger partial charge is 0.368 e. The Morgan fingerprint density at radius 2 is 1.50 bits per heavy atom. The number of nitrogens with zero attached hydrogens (tertiary/aromatic N) is 2. The van der Waals surface area contributed by atoms with Gasteiger partial charge >= 0.3 is 0 Å². The maximum atomic E-state index is 12.2. The van der Waals surface area contributed by atoms with E-state index in [1.165, 1.54) is 0 Å².